The standard InChI is InChI=1S/C21H24BrN3O4/c1-12(11-28-3)23-21(27)19-13(2)18-16(5-4-6-17(18)29-19)24-25-20(26)14-7-9-15(22)10-8-14/h7-10,12H,4-6,11H2,1-3H3,(H,23,27)(H,25,26)/b24-16+. The van der Waals surface area contributed by atoms with E-state index < -0.39 is 0 Å². The molecule has 1 aromatic carbocycles. The Kier molecular flexibility index (Phi) is 6.87. The summed E-state index contributed by atoms with van der Waals surface area (Å²) in [5.74, 6) is 0.450. The van der Waals surface area contributed by atoms with Gasteiger partial charge in [0.05, 0.1) is 12.3 Å². The van der Waals surface area contributed by atoms with Crippen LogP contribution in [0.15, 0.2) is 38.3 Å². The summed E-state index contributed by atoms with van der Waals surface area (Å²) in [4.78, 5) is 24.9. The summed E-state index contributed by atoms with van der Waals surface area (Å²) in [6.07, 6.45) is 2.28. The van der Waals surface area contributed by atoms with Crippen LogP contribution in [0.5, 0.6) is 0 Å². The first-order valence-corrected chi connectivity index (χ1v) is 10.2. The summed E-state index contributed by atoms with van der Waals surface area (Å²) in [7, 11) is 1.59. The first-order chi connectivity index (χ1) is 13.9. The van der Waals surface area contributed by atoms with Crippen LogP contribution >= 0.6 is 15.9 Å². The predicted octanol–water partition coefficient (Wildman–Crippen LogP) is 3.59. The van der Waals surface area contributed by atoms with E-state index in [2.05, 4.69) is 31.8 Å². The summed E-state index contributed by atoms with van der Waals surface area (Å²) < 4.78 is 11.8. The molecule has 0 fully saturated rings. The predicted molar refractivity (Wildman–Crippen MR) is 113 cm³/mol. The lowest BCUT2D eigenvalue weighted by Gasteiger charge is -2.13. The number of hydrazone groups is 1. The van der Waals surface area contributed by atoms with Crippen LogP contribution in [-0.2, 0) is 11.2 Å². The highest BCUT2D eigenvalue weighted by Gasteiger charge is 2.28. The van der Waals surface area contributed by atoms with Crippen molar-refractivity contribution in [1.82, 2.24) is 10.7 Å². The van der Waals surface area contributed by atoms with Crippen LogP contribution in [0.1, 0.15) is 57.6 Å². The van der Waals surface area contributed by atoms with E-state index in [0.29, 0.717) is 18.6 Å². The van der Waals surface area contributed by atoms with E-state index in [-0.39, 0.29) is 23.6 Å². The number of fused-ring (bicyclic) bond motifs is 1. The highest BCUT2D eigenvalue weighted by atomic mass is 79.9. The number of hydrogen-bond donors (Lipinski definition) is 2. The number of furan rings is 1. The fourth-order valence-corrected chi connectivity index (χ4v) is 3.63. The fraction of sp³-hybridized carbons (Fsp3) is 0.381. The Balaban J connectivity index is 1.80. The van der Waals surface area contributed by atoms with E-state index in [0.717, 1.165) is 39.9 Å². The zero-order valence-corrected chi connectivity index (χ0v) is 18.3. The number of carbonyl (C=O) groups excluding carboxylic acids is 2. The molecule has 0 saturated heterocycles. The average molecular weight is 462 g/mol. The van der Waals surface area contributed by atoms with Gasteiger partial charge in [-0.2, -0.15) is 5.10 Å². The smallest absolute Gasteiger partial charge is 0.287 e. The van der Waals surface area contributed by atoms with Gasteiger partial charge >= 0.3 is 0 Å². The van der Waals surface area contributed by atoms with E-state index in [1.807, 2.05) is 13.8 Å². The van der Waals surface area contributed by atoms with Gasteiger partial charge in [-0.1, -0.05) is 15.9 Å². The molecule has 29 heavy (non-hydrogen) atoms. The first kappa shape index (κ1) is 21.3. The summed E-state index contributed by atoms with van der Waals surface area (Å²) in [6.45, 7) is 4.12. The van der Waals surface area contributed by atoms with Gasteiger partial charge in [-0.25, -0.2) is 5.43 Å². The number of aryl methyl sites for hydroxylation is 1. The molecule has 0 radical (unpaired) electrons. The highest BCUT2D eigenvalue weighted by Crippen LogP contribution is 2.30. The first-order valence-electron chi connectivity index (χ1n) is 9.45. The van der Waals surface area contributed by atoms with Gasteiger partial charge in [0.25, 0.3) is 11.8 Å². The SMILES string of the molecule is COCC(C)NC(=O)c1oc2c(c1C)/C(=N/NC(=O)c1ccc(Br)cc1)CCC2. The van der Waals surface area contributed by atoms with E-state index in [4.69, 9.17) is 9.15 Å². The normalized spacial score (nSPS) is 15.7. The van der Waals surface area contributed by atoms with Gasteiger partial charge in [0, 0.05) is 40.7 Å². The van der Waals surface area contributed by atoms with Gasteiger partial charge < -0.3 is 14.5 Å². The topological polar surface area (TPSA) is 92.9 Å². The number of amides is 2. The highest BCUT2D eigenvalue weighted by molar-refractivity contribution is 9.10. The Labute approximate surface area is 178 Å². The van der Waals surface area contributed by atoms with Crippen LogP contribution < -0.4 is 10.7 Å². The molecule has 2 aromatic rings. The Hall–Kier alpha value is -2.45. The van der Waals surface area contributed by atoms with Crippen LogP contribution in [0.25, 0.3) is 0 Å². The third-order valence-corrected chi connectivity index (χ3v) is 5.25. The molecule has 0 saturated carbocycles. The molecule has 1 heterocycles. The number of halogens is 1. The number of carbonyl (C=O) groups is 2. The molecule has 7 nitrogen and oxygen atoms in total. The van der Waals surface area contributed by atoms with Crippen LogP contribution in [0.2, 0.25) is 0 Å². The molecule has 0 aliphatic heterocycles. The number of benzene rings is 1. The average Bonchev–Trinajstić information content (AvgIpc) is 3.04. The molecule has 1 atom stereocenters. The second kappa shape index (κ2) is 9.37. The van der Waals surface area contributed by atoms with Crippen molar-refractivity contribution < 1.29 is 18.7 Å². The number of hydrogen-bond acceptors (Lipinski definition) is 5. The van der Waals surface area contributed by atoms with Gasteiger partial charge in [-0.05, 0) is 51.0 Å². The minimum atomic E-state index is -0.287. The Bertz CT molecular complexity index is 934. The van der Waals surface area contributed by atoms with E-state index in [1.165, 1.54) is 0 Å². The molecule has 2 N–H and O–H groups in total. The van der Waals surface area contributed by atoms with Gasteiger partial charge in [0.1, 0.15) is 5.76 Å². The maximum Gasteiger partial charge on any atom is 0.287 e. The zero-order valence-electron chi connectivity index (χ0n) is 16.7. The Morgan fingerprint density at radius 2 is 1.97 bits per heavy atom. The van der Waals surface area contributed by atoms with E-state index >= 15 is 0 Å². The maximum atomic E-state index is 12.6. The summed E-state index contributed by atoms with van der Waals surface area (Å²) >= 11 is 3.35. The van der Waals surface area contributed by atoms with Crippen molar-refractivity contribution >= 4 is 33.5 Å². The molecule has 2 amide bonds. The zero-order chi connectivity index (χ0) is 21.0. The lowest BCUT2D eigenvalue weighted by Crippen LogP contribution is -2.35. The molecular weight excluding hydrogens is 438 g/mol. The van der Waals surface area contributed by atoms with Crippen molar-refractivity contribution in [3.8, 4) is 0 Å². The summed E-state index contributed by atoms with van der Waals surface area (Å²) in [5.41, 5.74) is 5.41. The molecule has 1 aromatic heterocycles. The van der Waals surface area contributed by atoms with Crippen molar-refractivity contribution in [2.24, 2.45) is 5.10 Å². The van der Waals surface area contributed by atoms with Gasteiger partial charge in [0.2, 0.25) is 0 Å². The largest absolute Gasteiger partial charge is 0.455 e. The van der Waals surface area contributed by atoms with Crippen molar-refractivity contribution in [1.29, 1.82) is 0 Å². The molecule has 1 aliphatic rings. The molecule has 8 heteroatoms. The van der Waals surface area contributed by atoms with Gasteiger partial charge in [0.15, 0.2) is 5.76 Å². The third kappa shape index (κ3) is 4.94. The summed E-state index contributed by atoms with van der Waals surface area (Å²) in [5, 5.41) is 7.21. The van der Waals surface area contributed by atoms with E-state index in [9.17, 15) is 9.59 Å². The second-order valence-corrected chi connectivity index (χ2v) is 7.96. The number of ether oxygens (including phenoxy) is 1. The minimum absolute atomic E-state index is 0.132. The third-order valence-electron chi connectivity index (χ3n) is 4.72. The van der Waals surface area contributed by atoms with Crippen molar-refractivity contribution in [2.75, 3.05) is 13.7 Å². The molecule has 0 bridgehead atoms. The number of nitrogens with zero attached hydrogens (tertiary/aromatic N) is 1. The van der Waals surface area contributed by atoms with Crippen molar-refractivity contribution in [3.63, 3.8) is 0 Å². The van der Waals surface area contributed by atoms with Gasteiger partial charge in [-0.15, -0.1) is 0 Å². The Morgan fingerprint density at radius 1 is 1.24 bits per heavy atom. The van der Waals surface area contributed by atoms with Crippen LogP contribution in [0.3, 0.4) is 0 Å². The number of methoxy groups -OCH3 is 1. The van der Waals surface area contributed by atoms with Gasteiger partial charge in [-0.3, -0.25) is 9.59 Å². The monoisotopic (exact) mass is 461 g/mol. The lowest BCUT2D eigenvalue weighted by atomic mass is 9.93. The van der Waals surface area contributed by atoms with Crippen LogP contribution in [-0.4, -0.2) is 37.3 Å². The molecule has 3 rings (SSSR count). The van der Waals surface area contributed by atoms with Crippen molar-refractivity contribution in [3.05, 3.63) is 56.9 Å². The molecule has 0 spiro atoms. The molecule has 1 unspecified atom stereocenters. The molecular formula is C21H24BrN3O4. The maximum absolute atomic E-state index is 12.6. The van der Waals surface area contributed by atoms with Crippen LogP contribution in [0.4, 0.5) is 0 Å². The lowest BCUT2D eigenvalue weighted by molar-refractivity contribution is 0.0874. The molecule has 1 aliphatic carbocycles. The second-order valence-electron chi connectivity index (χ2n) is 7.04. The summed E-state index contributed by atoms with van der Waals surface area (Å²) in [6, 6.07) is 6.91. The quantitative estimate of drug-likeness (QED) is 0.642. The van der Waals surface area contributed by atoms with Crippen molar-refractivity contribution in [2.45, 2.75) is 39.2 Å². The Morgan fingerprint density at radius 3 is 2.66 bits per heavy atom. The molecule has 154 valence electrons. The fourth-order valence-electron chi connectivity index (χ4n) is 3.36. The minimum Gasteiger partial charge on any atom is -0.455 e. The number of rotatable bonds is 6. The van der Waals surface area contributed by atoms with Crippen LogP contribution in [0, 0.1) is 6.92 Å². The van der Waals surface area contributed by atoms with E-state index in [1.54, 1.807) is 31.4 Å². The number of nitrogens with one attached hydrogen (secondary N) is 2.